The standard InChI is InChI=1S/C25H37N3O10/c1-13(2)22(32)27-7-9-28(10-8-27)25(35)36-12-15-5-6-17(16(11-15)26-14(3)4)37-24-20(31)18(29)19(30)21(38-24)23(33)34/h5-6,11,13-14,18-21,24,26,29-31H,7-10,12H2,1-4H3,(H,33,34)/t18-,19-,20+,21-,24+/m0/s1. The number of aliphatic carboxylic acids is 1. The minimum atomic E-state index is -1.83. The zero-order chi connectivity index (χ0) is 28.1. The number of nitrogens with one attached hydrogen (secondary N) is 1. The fraction of sp³-hybridized carbons (Fsp3) is 0.640. The number of ether oxygens (including phenoxy) is 3. The summed E-state index contributed by atoms with van der Waals surface area (Å²) in [7, 11) is 0. The third-order valence-corrected chi connectivity index (χ3v) is 6.25. The number of rotatable bonds is 8. The van der Waals surface area contributed by atoms with E-state index in [1.165, 1.54) is 6.07 Å². The third-order valence-electron chi connectivity index (χ3n) is 6.25. The Balaban J connectivity index is 1.64. The fourth-order valence-corrected chi connectivity index (χ4v) is 4.18. The van der Waals surface area contributed by atoms with E-state index in [4.69, 9.17) is 14.2 Å². The Bertz CT molecular complexity index is 996. The van der Waals surface area contributed by atoms with Crippen LogP contribution in [0.5, 0.6) is 5.75 Å². The van der Waals surface area contributed by atoms with Crippen molar-refractivity contribution in [1.29, 1.82) is 0 Å². The Morgan fingerprint density at radius 2 is 1.63 bits per heavy atom. The lowest BCUT2D eigenvalue weighted by atomic mass is 9.99. The van der Waals surface area contributed by atoms with E-state index in [0.717, 1.165) is 0 Å². The first-order valence-corrected chi connectivity index (χ1v) is 12.6. The lowest BCUT2D eigenvalue weighted by molar-refractivity contribution is -0.271. The lowest BCUT2D eigenvalue weighted by Gasteiger charge is -2.38. The number of carboxylic acid groups (broad SMARTS) is 1. The summed E-state index contributed by atoms with van der Waals surface area (Å²) in [5.41, 5.74) is 1.09. The normalized spacial score (nSPS) is 25.9. The van der Waals surface area contributed by atoms with Crippen LogP contribution in [0.15, 0.2) is 18.2 Å². The number of aliphatic hydroxyl groups excluding tert-OH is 3. The molecule has 1 aromatic carbocycles. The topological polar surface area (TPSA) is 178 Å². The van der Waals surface area contributed by atoms with Crippen molar-refractivity contribution in [3.05, 3.63) is 23.8 Å². The number of piperazine rings is 1. The van der Waals surface area contributed by atoms with E-state index in [9.17, 15) is 34.8 Å². The number of aliphatic hydroxyl groups is 3. The summed E-state index contributed by atoms with van der Waals surface area (Å²) < 4.78 is 16.4. The molecule has 13 nitrogen and oxygen atoms in total. The first-order valence-electron chi connectivity index (χ1n) is 12.6. The molecule has 2 saturated heterocycles. The van der Waals surface area contributed by atoms with Gasteiger partial charge in [0.2, 0.25) is 12.2 Å². The number of carbonyl (C=O) groups is 3. The summed E-state index contributed by atoms with van der Waals surface area (Å²) in [6, 6.07) is 4.80. The van der Waals surface area contributed by atoms with Gasteiger partial charge in [0.15, 0.2) is 6.10 Å². The quantitative estimate of drug-likeness (QED) is 0.305. The molecule has 0 spiro atoms. The molecule has 1 aromatic rings. The maximum atomic E-state index is 12.6. The van der Waals surface area contributed by atoms with Gasteiger partial charge in [0.05, 0.1) is 5.69 Å². The first kappa shape index (κ1) is 29.4. The molecule has 2 aliphatic heterocycles. The van der Waals surface area contributed by atoms with E-state index < -0.39 is 42.8 Å². The molecule has 0 aliphatic carbocycles. The second-order valence-corrected chi connectivity index (χ2v) is 10.0. The zero-order valence-corrected chi connectivity index (χ0v) is 21.9. The highest BCUT2D eigenvalue weighted by molar-refractivity contribution is 5.78. The van der Waals surface area contributed by atoms with Gasteiger partial charge in [-0.15, -0.1) is 0 Å². The molecule has 212 valence electrons. The maximum Gasteiger partial charge on any atom is 0.410 e. The summed E-state index contributed by atoms with van der Waals surface area (Å²) in [6.07, 6.45) is -9.17. The molecule has 2 heterocycles. The molecule has 2 amide bonds. The number of hydrogen-bond acceptors (Lipinski definition) is 10. The van der Waals surface area contributed by atoms with Gasteiger partial charge in [-0.25, -0.2) is 9.59 Å². The van der Waals surface area contributed by atoms with Gasteiger partial charge in [0, 0.05) is 38.1 Å². The number of nitrogens with zero attached hydrogens (tertiary/aromatic N) is 2. The fourth-order valence-electron chi connectivity index (χ4n) is 4.18. The molecule has 0 saturated carbocycles. The SMILES string of the molecule is CC(C)Nc1cc(COC(=O)N2CCN(C(=O)C(C)C)CC2)ccc1O[C@@H]1O[C@H](C(=O)O)[C@@H](O)[C@H](O)[C@H]1O. The van der Waals surface area contributed by atoms with Crippen LogP contribution in [0.4, 0.5) is 10.5 Å². The second-order valence-electron chi connectivity index (χ2n) is 10.0. The molecule has 0 unspecified atom stereocenters. The zero-order valence-electron chi connectivity index (χ0n) is 21.9. The van der Waals surface area contributed by atoms with Crippen LogP contribution in [0.2, 0.25) is 0 Å². The van der Waals surface area contributed by atoms with Crippen LogP contribution in [0.1, 0.15) is 33.3 Å². The van der Waals surface area contributed by atoms with Crippen molar-refractivity contribution in [2.24, 2.45) is 5.92 Å². The average molecular weight is 540 g/mol. The highest BCUT2D eigenvalue weighted by Gasteiger charge is 2.48. The van der Waals surface area contributed by atoms with E-state index in [1.807, 2.05) is 27.7 Å². The molecule has 5 atom stereocenters. The monoisotopic (exact) mass is 539 g/mol. The molecule has 2 fully saturated rings. The Hall–Kier alpha value is -3.13. The smallest absolute Gasteiger partial charge is 0.410 e. The Morgan fingerprint density at radius 1 is 1.00 bits per heavy atom. The van der Waals surface area contributed by atoms with E-state index in [2.05, 4.69) is 5.32 Å². The first-order chi connectivity index (χ1) is 17.9. The highest BCUT2D eigenvalue weighted by atomic mass is 16.7. The van der Waals surface area contributed by atoms with E-state index in [0.29, 0.717) is 37.4 Å². The predicted molar refractivity (Wildman–Crippen MR) is 133 cm³/mol. The van der Waals surface area contributed by atoms with Crippen LogP contribution >= 0.6 is 0 Å². The van der Waals surface area contributed by atoms with Crippen LogP contribution in [0, 0.1) is 5.92 Å². The van der Waals surface area contributed by atoms with Gasteiger partial charge in [-0.3, -0.25) is 4.79 Å². The third kappa shape index (κ3) is 7.04. The minimum Gasteiger partial charge on any atom is -0.479 e. The van der Waals surface area contributed by atoms with Crippen LogP contribution in [-0.4, -0.2) is 111 Å². The number of hydrogen-bond donors (Lipinski definition) is 5. The van der Waals surface area contributed by atoms with E-state index in [-0.39, 0.29) is 30.2 Å². The number of amides is 2. The number of carboxylic acids is 1. The Morgan fingerprint density at radius 3 is 2.21 bits per heavy atom. The van der Waals surface area contributed by atoms with E-state index >= 15 is 0 Å². The van der Waals surface area contributed by atoms with Crippen molar-refractivity contribution in [2.45, 2.75) is 71.0 Å². The summed E-state index contributed by atoms with van der Waals surface area (Å²) in [6.45, 7) is 9.07. The van der Waals surface area contributed by atoms with Crippen LogP contribution in [0.25, 0.3) is 0 Å². The summed E-state index contributed by atoms with van der Waals surface area (Å²) >= 11 is 0. The van der Waals surface area contributed by atoms with Crippen LogP contribution < -0.4 is 10.1 Å². The molecule has 38 heavy (non-hydrogen) atoms. The number of carbonyl (C=O) groups excluding carboxylic acids is 2. The molecule has 3 rings (SSSR count). The van der Waals surface area contributed by atoms with Gasteiger partial charge in [0.1, 0.15) is 30.7 Å². The largest absolute Gasteiger partial charge is 0.479 e. The summed E-state index contributed by atoms with van der Waals surface area (Å²) in [4.78, 5) is 39.4. The van der Waals surface area contributed by atoms with Crippen molar-refractivity contribution in [2.75, 3.05) is 31.5 Å². The number of benzene rings is 1. The van der Waals surface area contributed by atoms with Gasteiger partial charge in [-0.05, 0) is 31.5 Å². The Labute approximate surface area is 220 Å². The van der Waals surface area contributed by atoms with Crippen molar-refractivity contribution in [1.82, 2.24) is 9.80 Å². The number of anilines is 1. The average Bonchev–Trinajstić information content (AvgIpc) is 2.87. The molecule has 0 aromatic heterocycles. The van der Waals surface area contributed by atoms with Crippen molar-refractivity contribution < 1.29 is 49.0 Å². The second kappa shape index (κ2) is 12.6. The highest BCUT2D eigenvalue weighted by Crippen LogP contribution is 2.31. The van der Waals surface area contributed by atoms with Crippen molar-refractivity contribution in [3.8, 4) is 5.75 Å². The summed E-state index contributed by atoms with van der Waals surface area (Å²) in [5.74, 6) is -1.36. The summed E-state index contributed by atoms with van der Waals surface area (Å²) in [5, 5.41) is 42.6. The molecule has 5 N–H and O–H groups in total. The molecule has 2 aliphatic rings. The minimum absolute atomic E-state index is 0.0361. The molecular weight excluding hydrogens is 502 g/mol. The van der Waals surface area contributed by atoms with Crippen LogP contribution in [-0.2, 0) is 25.7 Å². The molecule has 13 heteroatoms. The van der Waals surface area contributed by atoms with Gasteiger partial charge >= 0.3 is 12.1 Å². The predicted octanol–water partition coefficient (Wildman–Crippen LogP) is 0.215. The molecular formula is C25H37N3O10. The maximum absolute atomic E-state index is 12.6. The molecule has 0 radical (unpaired) electrons. The van der Waals surface area contributed by atoms with Crippen LogP contribution in [0.3, 0.4) is 0 Å². The van der Waals surface area contributed by atoms with Gasteiger partial charge < -0.3 is 49.8 Å². The van der Waals surface area contributed by atoms with Gasteiger partial charge in [-0.2, -0.15) is 0 Å². The van der Waals surface area contributed by atoms with E-state index in [1.54, 1.807) is 21.9 Å². The van der Waals surface area contributed by atoms with Crippen molar-refractivity contribution >= 4 is 23.7 Å². The van der Waals surface area contributed by atoms with Gasteiger partial charge in [-0.1, -0.05) is 19.9 Å². The lowest BCUT2D eigenvalue weighted by Crippen LogP contribution is -2.61. The Kier molecular flexibility index (Phi) is 9.77. The molecule has 0 bridgehead atoms. The van der Waals surface area contributed by atoms with Crippen molar-refractivity contribution in [3.63, 3.8) is 0 Å². The van der Waals surface area contributed by atoms with Gasteiger partial charge in [0.25, 0.3) is 0 Å².